The fourth-order valence-corrected chi connectivity index (χ4v) is 2.49. The van der Waals surface area contributed by atoms with Crippen LogP contribution >= 0.6 is 22.6 Å². The molecule has 1 aliphatic rings. The molecule has 1 aliphatic heterocycles. The molecule has 16 heavy (non-hydrogen) atoms. The Hall–Kier alpha value is 0.0900. The van der Waals surface area contributed by atoms with E-state index >= 15 is 0 Å². The highest BCUT2D eigenvalue weighted by molar-refractivity contribution is 14.1. The average Bonchev–Trinajstić information content (AvgIpc) is 2.58. The van der Waals surface area contributed by atoms with Crippen molar-refractivity contribution in [3.8, 4) is 0 Å². The lowest BCUT2D eigenvalue weighted by Crippen LogP contribution is -2.43. The summed E-state index contributed by atoms with van der Waals surface area (Å²) in [5.41, 5.74) is -1.94. The third-order valence-electron chi connectivity index (χ3n) is 2.73. The van der Waals surface area contributed by atoms with Gasteiger partial charge in [0.15, 0.2) is 0 Å². The monoisotopic (exact) mass is 344 g/mol. The molecule has 0 bridgehead atoms. The van der Waals surface area contributed by atoms with Crippen LogP contribution < -0.4 is 0 Å². The lowest BCUT2D eigenvalue weighted by Gasteiger charge is -2.23. The quantitative estimate of drug-likeness (QED) is 0.437. The van der Waals surface area contributed by atoms with Crippen molar-refractivity contribution in [1.29, 1.82) is 0 Å². The van der Waals surface area contributed by atoms with E-state index < -0.39 is 17.7 Å². The van der Waals surface area contributed by atoms with E-state index in [0.29, 0.717) is 10.8 Å². The van der Waals surface area contributed by atoms with Crippen LogP contribution in [0.5, 0.6) is 0 Å². The molecule has 0 N–H and O–H groups in total. The number of carbonyl (C=O) groups excluding carboxylic acids is 1. The molecule has 1 saturated heterocycles. The summed E-state index contributed by atoms with van der Waals surface area (Å²) in [6.07, 6.45) is 0.661. The maximum atomic E-state index is 14.6. The van der Waals surface area contributed by atoms with Crippen LogP contribution in [0.2, 0.25) is 0 Å². The first-order chi connectivity index (χ1) is 7.58. The van der Waals surface area contributed by atoms with Gasteiger partial charge in [0.1, 0.15) is 6.10 Å². The van der Waals surface area contributed by atoms with E-state index in [1.54, 1.807) is 6.92 Å². The maximum absolute atomic E-state index is 14.6. The first-order valence-electron chi connectivity index (χ1n) is 5.66. The zero-order valence-electron chi connectivity index (χ0n) is 9.67. The van der Waals surface area contributed by atoms with E-state index in [-0.39, 0.29) is 19.1 Å². The van der Waals surface area contributed by atoms with Gasteiger partial charge in [0.25, 0.3) is 0 Å². The Morgan fingerprint density at radius 2 is 2.31 bits per heavy atom. The van der Waals surface area contributed by atoms with E-state index in [2.05, 4.69) is 22.6 Å². The van der Waals surface area contributed by atoms with Crippen molar-refractivity contribution in [2.45, 2.75) is 51.0 Å². The molecule has 0 radical (unpaired) electrons. The smallest absolute Gasteiger partial charge is 0.346 e. The zero-order valence-corrected chi connectivity index (χ0v) is 11.8. The Bertz CT molecular complexity index is 249. The van der Waals surface area contributed by atoms with Crippen molar-refractivity contribution >= 4 is 28.6 Å². The second kappa shape index (κ2) is 6.14. The molecule has 0 saturated carbocycles. The number of rotatable bonds is 5. The van der Waals surface area contributed by atoms with Crippen LogP contribution in [-0.4, -0.2) is 34.9 Å². The summed E-state index contributed by atoms with van der Waals surface area (Å²) in [6, 6.07) is 0. The number of hydrogen-bond donors (Lipinski definition) is 0. The van der Waals surface area contributed by atoms with Crippen molar-refractivity contribution in [2.24, 2.45) is 0 Å². The normalized spacial score (nSPS) is 34.0. The minimum Gasteiger partial charge on any atom is -0.464 e. The molecule has 5 heteroatoms. The number of halogens is 2. The predicted molar refractivity (Wildman–Crippen MR) is 67.5 cm³/mol. The third kappa shape index (κ3) is 2.85. The van der Waals surface area contributed by atoms with Gasteiger partial charge >= 0.3 is 5.97 Å². The van der Waals surface area contributed by atoms with Crippen LogP contribution in [0.3, 0.4) is 0 Å². The van der Waals surface area contributed by atoms with Gasteiger partial charge in [-0.2, -0.15) is 0 Å². The molecule has 94 valence electrons. The van der Waals surface area contributed by atoms with E-state index in [0.717, 1.165) is 6.42 Å². The van der Waals surface area contributed by atoms with Crippen LogP contribution in [0, 0.1) is 0 Å². The highest BCUT2D eigenvalue weighted by Gasteiger charge is 2.55. The molecule has 0 aromatic rings. The van der Waals surface area contributed by atoms with Gasteiger partial charge in [0, 0.05) is 10.8 Å². The first-order valence-corrected chi connectivity index (χ1v) is 7.18. The van der Waals surface area contributed by atoms with Gasteiger partial charge in [-0.1, -0.05) is 35.9 Å². The molecule has 0 spiro atoms. The number of alkyl halides is 2. The van der Waals surface area contributed by atoms with Gasteiger partial charge in [-0.05, 0) is 13.3 Å². The highest BCUT2D eigenvalue weighted by atomic mass is 127. The zero-order chi connectivity index (χ0) is 12.2. The predicted octanol–water partition coefficient (Wildman–Crippen LogP) is 2.65. The Morgan fingerprint density at radius 1 is 1.62 bits per heavy atom. The lowest BCUT2D eigenvalue weighted by atomic mass is 9.93. The SMILES string of the molecule is CCC[C@@H]1O[C@@H](CI)C[C@@]1(F)C(=O)OCC. The summed E-state index contributed by atoms with van der Waals surface area (Å²) in [7, 11) is 0. The molecule has 1 heterocycles. The van der Waals surface area contributed by atoms with Gasteiger partial charge in [0.05, 0.1) is 12.7 Å². The maximum Gasteiger partial charge on any atom is 0.346 e. The number of hydrogen-bond acceptors (Lipinski definition) is 3. The standard InChI is InChI=1S/C11H18FIO3/c1-3-5-9-11(12,10(14)15-4-2)6-8(7-13)16-9/h8-9H,3-7H2,1-2H3/t8-,9+,11+/m1/s1. The summed E-state index contributed by atoms with van der Waals surface area (Å²) in [4.78, 5) is 11.6. The van der Waals surface area contributed by atoms with Crippen LogP contribution in [0.1, 0.15) is 33.1 Å². The fraction of sp³-hybridized carbons (Fsp3) is 0.909. The largest absolute Gasteiger partial charge is 0.464 e. The second-order valence-electron chi connectivity index (χ2n) is 3.98. The Labute approximate surface area is 109 Å². The molecule has 3 nitrogen and oxygen atoms in total. The average molecular weight is 344 g/mol. The van der Waals surface area contributed by atoms with E-state index in [4.69, 9.17) is 9.47 Å². The summed E-state index contributed by atoms with van der Waals surface area (Å²) in [5.74, 6) is -0.763. The van der Waals surface area contributed by atoms with Gasteiger partial charge in [0.2, 0.25) is 5.67 Å². The summed E-state index contributed by atoms with van der Waals surface area (Å²) in [5, 5.41) is 0. The minimum absolute atomic E-state index is 0.124. The number of carbonyl (C=O) groups is 1. The third-order valence-corrected chi connectivity index (χ3v) is 3.71. The number of ether oxygens (including phenoxy) is 2. The first kappa shape index (κ1) is 14.2. The molecule has 0 aromatic carbocycles. The summed E-state index contributed by atoms with van der Waals surface area (Å²) < 4.78 is 25.6. The topological polar surface area (TPSA) is 35.5 Å². The summed E-state index contributed by atoms with van der Waals surface area (Å²) in [6.45, 7) is 3.84. The molecule has 1 fully saturated rings. The van der Waals surface area contributed by atoms with Gasteiger partial charge in [-0.25, -0.2) is 9.18 Å². The van der Waals surface area contributed by atoms with Gasteiger partial charge < -0.3 is 9.47 Å². The van der Waals surface area contributed by atoms with Crippen LogP contribution in [0.15, 0.2) is 0 Å². The summed E-state index contributed by atoms with van der Waals surface area (Å²) >= 11 is 2.15. The van der Waals surface area contributed by atoms with Crippen molar-refractivity contribution in [3.63, 3.8) is 0 Å². The van der Waals surface area contributed by atoms with E-state index in [1.165, 1.54) is 0 Å². The van der Waals surface area contributed by atoms with Crippen molar-refractivity contribution < 1.29 is 18.7 Å². The molecular weight excluding hydrogens is 326 g/mol. The Balaban J connectivity index is 2.76. The van der Waals surface area contributed by atoms with Crippen LogP contribution in [0.25, 0.3) is 0 Å². The Kier molecular flexibility index (Phi) is 5.43. The highest BCUT2D eigenvalue weighted by Crippen LogP contribution is 2.38. The molecule has 3 atom stereocenters. The number of esters is 1. The van der Waals surface area contributed by atoms with E-state index in [1.807, 2.05) is 6.92 Å². The molecule has 1 rings (SSSR count). The van der Waals surface area contributed by atoms with Crippen LogP contribution in [-0.2, 0) is 14.3 Å². The van der Waals surface area contributed by atoms with Gasteiger partial charge in [-0.15, -0.1) is 0 Å². The van der Waals surface area contributed by atoms with Crippen LogP contribution in [0.4, 0.5) is 4.39 Å². The fourth-order valence-electron chi connectivity index (χ4n) is 1.97. The minimum atomic E-state index is -1.94. The van der Waals surface area contributed by atoms with E-state index in [9.17, 15) is 9.18 Å². The lowest BCUT2D eigenvalue weighted by molar-refractivity contribution is -0.161. The Morgan fingerprint density at radius 3 is 2.81 bits per heavy atom. The molecule has 0 aromatic heterocycles. The van der Waals surface area contributed by atoms with Gasteiger partial charge in [-0.3, -0.25) is 0 Å². The van der Waals surface area contributed by atoms with Crippen molar-refractivity contribution in [1.82, 2.24) is 0 Å². The molecule has 0 aliphatic carbocycles. The van der Waals surface area contributed by atoms with Crippen molar-refractivity contribution in [3.05, 3.63) is 0 Å². The van der Waals surface area contributed by atoms with Crippen molar-refractivity contribution in [2.75, 3.05) is 11.0 Å². The second-order valence-corrected chi connectivity index (χ2v) is 4.86. The molecule has 0 unspecified atom stereocenters. The molecular formula is C11H18FIO3. The molecule has 0 amide bonds.